The van der Waals surface area contributed by atoms with Gasteiger partial charge in [0.1, 0.15) is 17.6 Å². The SMILES string of the molecule is COc1ccc(C(=O)NC(C(=O)NCC(C)C)C2CCN(C(=S)Nc3ccc(F)cc3)CC2)cc1. The summed E-state index contributed by atoms with van der Waals surface area (Å²) >= 11 is 5.53. The first-order chi connectivity index (χ1) is 16.8. The van der Waals surface area contributed by atoms with Gasteiger partial charge in [0.2, 0.25) is 5.91 Å². The van der Waals surface area contributed by atoms with Gasteiger partial charge in [-0.1, -0.05) is 13.8 Å². The molecule has 0 saturated carbocycles. The third kappa shape index (κ3) is 7.65. The number of piperidine rings is 1. The second-order valence-corrected chi connectivity index (χ2v) is 9.47. The molecule has 35 heavy (non-hydrogen) atoms. The summed E-state index contributed by atoms with van der Waals surface area (Å²) in [6.45, 7) is 5.88. The van der Waals surface area contributed by atoms with E-state index in [9.17, 15) is 14.0 Å². The Morgan fingerprint density at radius 3 is 2.29 bits per heavy atom. The molecular formula is C26H33FN4O3S. The van der Waals surface area contributed by atoms with Crippen LogP contribution < -0.4 is 20.7 Å². The van der Waals surface area contributed by atoms with Crippen LogP contribution in [0.2, 0.25) is 0 Å². The summed E-state index contributed by atoms with van der Waals surface area (Å²) in [5.41, 5.74) is 1.19. The van der Waals surface area contributed by atoms with Crippen LogP contribution in [0.25, 0.3) is 0 Å². The van der Waals surface area contributed by atoms with Gasteiger partial charge in [-0.3, -0.25) is 9.59 Å². The predicted molar refractivity (Wildman–Crippen MR) is 139 cm³/mol. The molecule has 1 fully saturated rings. The van der Waals surface area contributed by atoms with Crippen LogP contribution in [0.4, 0.5) is 10.1 Å². The van der Waals surface area contributed by atoms with Gasteiger partial charge in [-0.2, -0.15) is 0 Å². The van der Waals surface area contributed by atoms with Crippen LogP contribution in [0.1, 0.15) is 37.0 Å². The molecule has 3 rings (SSSR count). The van der Waals surface area contributed by atoms with E-state index in [4.69, 9.17) is 17.0 Å². The van der Waals surface area contributed by atoms with Crippen LogP contribution in [-0.4, -0.2) is 54.6 Å². The Morgan fingerprint density at radius 1 is 1.09 bits per heavy atom. The molecule has 1 aliphatic rings. The maximum atomic E-state index is 13.2. The molecule has 0 radical (unpaired) electrons. The van der Waals surface area contributed by atoms with E-state index < -0.39 is 6.04 Å². The largest absolute Gasteiger partial charge is 0.497 e. The fourth-order valence-electron chi connectivity index (χ4n) is 3.95. The van der Waals surface area contributed by atoms with E-state index in [0.29, 0.717) is 54.8 Å². The normalized spacial score (nSPS) is 14.8. The van der Waals surface area contributed by atoms with Crippen molar-refractivity contribution in [3.8, 4) is 5.75 Å². The molecule has 2 amide bonds. The first-order valence-corrected chi connectivity index (χ1v) is 12.2. The van der Waals surface area contributed by atoms with Crippen LogP contribution in [-0.2, 0) is 4.79 Å². The molecule has 0 aromatic heterocycles. The Balaban J connectivity index is 1.63. The van der Waals surface area contributed by atoms with E-state index in [1.54, 1.807) is 43.5 Å². The first kappa shape index (κ1) is 26.4. The van der Waals surface area contributed by atoms with E-state index in [1.807, 2.05) is 18.7 Å². The summed E-state index contributed by atoms with van der Waals surface area (Å²) in [5, 5.41) is 9.62. The number of likely N-dealkylation sites (tertiary alicyclic amines) is 1. The van der Waals surface area contributed by atoms with Crippen molar-refractivity contribution in [1.29, 1.82) is 0 Å². The first-order valence-electron chi connectivity index (χ1n) is 11.8. The predicted octanol–water partition coefficient (Wildman–Crippen LogP) is 3.81. The number of benzene rings is 2. The van der Waals surface area contributed by atoms with Gasteiger partial charge >= 0.3 is 0 Å². The maximum Gasteiger partial charge on any atom is 0.251 e. The van der Waals surface area contributed by atoms with Crippen molar-refractivity contribution >= 4 is 34.8 Å². The molecule has 0 aliphatic carbocycles. The zero-order valence-electron chi connectivity index (χ0n) is 20.3. The van der Waals surface area contributed by atoms with Gasteiger partial charge in [-0.05, 0) is 85.4 Å². The highest BCUT2D eigenvalue weighted by Crippen LogP contribution is 2.23. The molecule has 2 aromatic rings. The monoisotopic (exact) mass is 500 g/mol. The highest BCUT2D eigenvalue weighted by atomic mass is 32.1. The van der Waals surface area contributed by atoms with Crippen LogP contribution in [0, 0.1) is 17.7 Å². The summed E-state index contributed by atoms with van der Waals surface area (Å²) in [4.78, 5) is 28.0. The maximum absolute atomic E-state index is 13.2. The number of methoxy groups -OCH3 is 1. The lowest BCUT2D eigenvalue weighted by molar-refractivity contribution is -0.124. The second kappa shape index (κ2) is 12.5. The minimum atomic E-state index is -0.649. The average molecular weight is 501 g/mol. The summed E-state index contributed by atoms with van der Waals surface area (Å²) in [7, 11) is 1.57. The van der Waals surface area contributed by atoms with E-state index >= 15 is 0 Å². The fourth-order valence-corrected chi connectivity index (χ4v) is 4.25. The number of thiocarbonyl (C=S) groups is 1. The topological polar surface area (TPSA) is 82.7 Å². The summed E-state index contributed by atoms with van der Waals surface area (Å²) in [6.07, 6.45) is 1.38. The van der Waals surface area contributed by atoms with Crippen molar-refractivity contribution in [2.24, 2.45) is 11.8 Å². The van der Waals surface area contributed by atoms with Gasteiger partial charge in [0, 0.05) is 30.9 Å². The van der Waals surface area contributed by atoms with E-state index in [-0.39, 0.29) is 23.5 Å². The van der Waals surface area contributed by atoms with Gasteiger partial charge in [-0.25, -0.2) is 4.39 Å². The minimum Gasteiger partial charge on any atom is -0.497 e. The van der Waals surface area contributed by atoms with Gasteiger partial charge in [0.05, 0.1) is 7.11 Å². The van der Waals surface area contributed by atoms with Gasteiger partial charge < -0.3 is 25.6 Å². The molecule has 0 spiro atoms. The lowest BCUT2D eigenvalue weighted by Crippen LogP contribution is -2.54. The molecule has 7 nitrogen and oxygen atoms in total. The van der Waals surface area contributed by atoms with Crippen molar-refractivity contribution in [2.45, 2.75) is 32.7 Å². The molecule has 1 saturated heterocycles. The molecule has 1 atom stereocenters. The van der Waals surface area contributed by atoms with Crippen LogP contribution >= 0.6 is 12.2 Å². The number of carbonyl (C=O) groups excluding carboxylic acids is 2. The van der Waals surface area contributed by atoms with Crippen molar-refractivity contribution in [1.82, 2.24) is 15.5 Å². The molecule has 188 valence electrons. The third-order valence-electron chi connectivity index (χ3n) is 6.00. The Kier molecular flexibility index (Phi) is 9.42. The van der Waals surface area contributed by atoms with Gasteiger partial charge in [0.15, 0.2) is 5.11 Å². The lowest BCUT2D eigenvalue weighted by atomic mass is 9.88. The minimum absolute atomic E-state index is 0.0331. The van der Waals surface area contributed by atoms with Gasteiger partial charge in [-0.15, -0.1) is 0 Å². The number of hydrogen-bond donors (Lipinski definition) is 3. The highest BCUT2D eigenvalue weighted by Gasteiger charge is 2.33. The van der Waals surface area contributed by atoms with E-state index in [1.165, 1.54) is 12.1 Å². The summed E-state index contributed by atoms with van der Waals surface area (Å²) in [5.74, 6) is 0.147. The summed E-state index contributed by atoms with van der Waals surface area (Å²) < 4.78 is 18.3. The van der Waals surface area contributed by atoms with Crippen molar-refractivity contribution in [3.63, 3.8) is 0 Å². The second-order valence-electron chi connectivity index (χ2n) is 9.08. The number of hydrogen-bond acceptors (Lipinski definition) is 4. The number of anilines is 1. The molecule has 3 N–H and O–H groups in total. The molecule has 1 heterocycles. The molecule has 1 unspecified atom stereocenters. The van der Waals surface area contributed by atoms with Crippen molar-refractivity contribution in [2.75, 3.05) is 32.1 Å². The number of nitrogens with zero attached hydrogens (tertiary/aromatic N) is 1. The third-order valence-corrected chi connectivity index (χ3v) is 6.36. The molecule has 1 aliphatic heterocycles. The van der Waals surface area contributed by atoms with Crippen LogP contribution in [0.15, 0.2) is 48.5 Å². The molecule has 0 bridgehead atoms. The number of rotatable bonds is 8. The number of halogens is 1. The molecule has 2 aromatic carbocycles. The zero-order valence-corrected chi connectivity index (χ0v) is 21.2. The Bertz CT molecular complexity index is 1010. The standard InChI is InChI=1S/C26H33FN4O3S/c1-17(2)16-28-25(33)23(30-24(32)19-4-10-22(34-3)11-5-19)18-12-14-31(15-13-18)26(35)29-21-8-6-20(27)7-9-21/h4-11,17-18,23H,12-16H2,1-3H3,(H,28,33)(H,29,35)(H,30,32). The fraction of sp³-hybridized carbons (Fsp3) is 0.423. The number of carbonyl (C=O) groups is 2. The Hall–Kier alpha value is -3.20. The van der Waals surface area contributed by atoms with Crippen molar-refractivity contribution in [3.05, 3.63) is 59.9 Å². The average Bonchev–Trinajstić information content (AvgIpc) is 2.87. The smallest absolute Gasteiger partial charge is 0.251 e. The van der Waals surface area contributed by atoms with Crippen LogP contribution in [0.3, 0.4) is 0 Å². The lowest BCUT2D eigenvalue weighted by Gasteiger charge is -2.37. The Morgan fingerprint density at radius 2 is 1.71 bits per heavy atom. The number of amides is 2. The quantitative estimate of drug-likeness (QED) is 0.478. The summed E-state index contributed by atoms with van der Waals surface area (Å²) in [6, 6.07) is 12.2. The zero-order chi connectivity index (χ0) is 25.4. The van der Waals surface area contributed by atoms with Gasteiger partial charge in [0.25, 0.3) is 5.91 Å². The van der Waals surface area contributed by atoms with Crippen molar-refractivity contribution < 1.29 is 18.7 Å². The van der Waals surface area contributed by atoms with Crippen LogP contribution in [0.5, 0.6) is 5.75 Å². The molecular weight excluding hydrogens is 467 g/mol. The number of ether oxygens (including phenoxy) is 1. The number of nitrogens with one attached hydrogen (secondary N) is 3. The van der Waals surface area contributed by atoms with E-state index in [2.05, 4.69) is 16.0 Å². The van der Waals surface area contributed by atoms with E-state index in [0.717, 1.165) is 5.69 Å². The Labute approximate surface area is 211 Å². The highest BCUT2D eigenvalue weighted by molar-refractivity contribution is 7.80. The molecule has 9 heteroatoms.